The zero-order valence-corrected chi connectivity index (χ0v) is 15.1. The first-order valence-electron chi connectivity index (χ1n) is 8.48. The van der Waals surface area contributed by atoms with Crippen LogP contribution >= 0.6 is 0 Å². The molecule has 0 saturated carbocycles. The molecule has 0 aromatic heterocycles. The van der Waals surface area contributed by atoms with Crippen molar-refractivity contribution >= 4 is 23.5 Å². The quantitative estimate of drug-likeness (QED) is 0.384. The lowest BCUT2D eigenvalue weighted by atomic mass is 9.85. The number of Topliss-reactive ketones (excluding diaryl/α,β-unsaturated/α-hetero) is 1. The third-order valence-corrected chi connectivity index (χ3v) is 4.30. The summed E-state index contributed by atoms with van der Waals surface area (Å²) in [6.45, 7) is 5.69. The summed E-state index contributed by atoms with van der Waals surface area (Å²) in [6, 6.07) is 14.8. The fraction of sp³-hybridized carbons (Fsp3) is 0.238. The van der Waals surface area contributed by atoms with Gasteiger partial charge in [-0.2, -0.15) is 5.11 Å². The van der Waals surface area contributed by atoms with Gasteiger partial charge in [0.25, 0.3) is 0 Å². The maximum atomic E-state index is 11.7. The van der Waals surface area contributed by atoms with E-state index < -0.39 is 0 Å². The molecule has 0 atom stereocenters. The number of ketones is 1. The molecule has 1 aliphatic rings. The van der Waals surface area contributed by atoms with E-state index >= 15 is 0 Å². The molecule has 26 heavy (non-hydrogen) atoms. The molecule has 1 heterocycles. The van der Waals surface area contributed by atoms with Crippen LogP contribution in [-0.4, -0.2) is 17.6 Å². The van der Waals surface area contributed by atoms with Gasteiger partial charge in [-0.25, -0.2) is 0 Å². The normalized spacial score (nSPS) is 17.3. The largest absolute Gasteiger partial charge is 0.377 e. The number of benzene rings is 2. The first-order valence-corrected chi connectivity index (χ1v) is 8.48. The summed E-state index contributed by atoms with van der Waals surface area (Å²) in [5.74, 6) is -0.00516. The number of nitrogens with one attached hydrogen (secondary N) is 1. The molecule has 5 nitrogen and oxygen atoms in total. The Bertz CT molecular complexity index is 909. The molecule has 2 aromatic carbocycles. The molecule has 0 amide bonds. The first kappa shape index (κ1) is 17.7. The lowest BCUT2D eigenvalue weighted by molar-refractivity contribution is -0.104. The molecular weight excluding hydrogens is 326 g/mol. The SMILES string of the molecule is CC(=O)c1ccc(N=NC(C=O)=C2NC(C)(C)Cc3ccccc32)cc1. The fourth-order valence-corrected chi connectivity index (χ4v) is 3.05. The van der Waals surface area contributed by atoms with Crippen molar-refractivity contribution in [3.8, 4) is 0 Å². The molecule has 0 spiro atoms. The van der Waals surface area contributed by atoms with Crippen LogP contribution in [0.1, 0.15) is 42.3 Å². The Morgan fingerprint density at radius 2 is 1.81 bits per heavy atom. The third-order valence-electron chi connectivity index (χ3n) is 4.30. The van der Waals surface area contributed by atoms with E-state index in [1.54, 1.807) is 24.3 Å². The topological polar surface area (TPSA) is 70.9 Å². The van der Waals surface area contributed by atoms with Gasteiger partial charge in [0.2, 0.25) is 0 Å². The van der Waals surface area contributed by atoms with Crippen molar-refractivity contribution in [2.45, 2.75) is 32.7 Å². The third kappa shape index (κ3) is 3.77. The number of allylic oxidation sites excluding steroid dienone is 1. The van der Waals surface area contributed by atoms with Crippen molar-refractivity contribution in [1.29, 1.82) is 0 Å². The molecule has 132 valence electrons. The van der Waals surface area contributed by atoms with Crippen LogP contribution in [0.5, 0.6) is 0 Å². The van der Waals surface area contributed by atoms with E-state index in [4.69, 9.17) is 0 Å². The summed E-state index contributed by atoms with van der Waals surface area (Å²) in [4.78, 5) is 23.0. The van der Waals surface area contributed by atoms with Gasteiger partial charge in [-0.15, -0.1) is 5.11 Å². The summed E-state index contributed by atoms with van der Waals surface area (Å²) in [5, 5.41) is 11.7. The molecule has 1 aliphatic heterocycles. The molecule has 0 aliphatic carbocycles. The standard InChI is InChI=1S/C21H21N3O2/c1-14(26)15-8-10-17(11-9-15)23-24-19(13-25)20-18-7-5-4-6-16(18)12-21(2,3)22-20/h4-11,13,22H,12H2,1-3H3. The van der Waals surface area contributed by atoms with E-state index in [0.29, 0.717) is 23.2 Å². The minimum Gasteiger partial charge on any atom is -0.377 e. The van der Waals surface area contributed by atoms with E-state index in [1.165, 1.54) is 12.5 Å². The summed E-state index contributed by atoms with van der Waals surface area (Å²) in [6.07, 6.45) is 1.58. The van der Waals surface area contributed by atoms with Gasteiger partial charge in [-0.3, -0.25) is 9.59 Å². The Morgan fingerprint density at radius 3 is 2.46 bits per heavy atom. The van der Waals surface area contributed by atoms with Crippen LogP contribution in [0, 0.1) is 0 Å². The molecule has 1 N–H and O–H groups in total. The second-order valence-corrected chi connectivity index (χ2v) is 7.02. The predicted octanol–water partition coefficient (Wildman–Crippen LogP) is 4.46. The number of nitrogens with zero attached hydrogens (tertiary/aromatic N) is 2. The van der Waals surface area contributed by atoms with E-state index in [9.17, 15) is 9.59 Å². The van der Waals surface area contributed by atoms with E-state index in [0.717, 1.165) is 12.0 Å². The minimum absolute atomic E-state index is 0.00516. The second kappa shape index (κ2) is 7.04. The maximum Gasteiger partial charge on any atom is 0.172 e. The number of aldehydes is 1. The minimum atomic E-state index is -0.184. The zero-order valence-electron chi connectivity index (χ0n) is 15.1. The van der Waals surface area contributed by atoms with Gasteiger partial charge in [0.15, 0.2) is 12.1 Å². The monoisotopic (exact) mass is 347 g/mol. The Morgan fingerprint density at radius 1 is 1.12 bits per heavy atom. The molecule has 0 unspecified atom stereocenters. The molecular formula is C21H21N3O2. The van der Waals surface area contributed by atoms with Gasteiger partial charge in [-0.05, 0) is 57.0 Å². The number of hydrogen-bond donors (Lipinski definition) is 1. The van der Waals surface area contributed by atoms with Crippen LogP contribution in [-0.2, 0) is 11.2 Å². The molecule has 2 aromatic rings. The Balaban J connectivity index is 1.99. The smallest absolute Gasteiger partial charge is 0.172 e. The highest BCUT2D eigenvalue weighted by atomic mass is 16.1. The van der Waals surface area contributed by atoms with Crippen LogP contribution in [0.3, 0.4) is 0 Å². The molecule has 0 fully saturated rings. The summed E-state index contributed by atoms with van der Waals surface area (Å²) in [7, 11) is 0. The molecule has 0 bridgehead atoms. The average Bonchev–Trinajstić information content (AvgIpc) is 2.61. The second-order valence-electron chi connectivity index (χ2n) is 7.02. The number of fused-ring (bicyclic) bond motifs is 1. The summed E-state index contributed by atoms with van der Waals surface area (Å²) >= 11 is 0. The van der Waals surface area contributed by atoms with Crippen molar-refractivity contribution in [2.75, 3.05) is 0 Å². The number of carbonyl (C=O) groups excluding carboxylic acids is 2. The Kier molecular flexibility index (Phi) is 4.80. The Hall–Kier alpha value is -3.08. The number of carbonyl (C=O) groups is 2. The van der Waals surface area contributed by atoms with E-state index in [2.05, 4.69) is 35.5 Å². The fourth-order valence-electron chi connectivity index (χ4n) is 3.05. The number of rotatable bonds is 4. The van der Waals surface area contributed by atoms with Crippen molar-refractivity contribution in [1.82, 2.24) is 5.32 Å². The highest BCUT2D eigenvalue weighted by Crippen LogP contribution is 2.31. The highest BCUT2D eigenvalue weighted by molar-refractivity contribution is 5.94. The lowest BCUT2D eigenvalue weighted by Gasteiger charge is -2.35. The lowest BCUT2D eigenvalue weighted by Crippen LogP contribution is -2.44. The molecule has 0 saturated heterocycles. The predicted molar refractivity (Wildman–Crippen MR) is 101 cm³/mol. The Labute approximate surface area is 152 Å². The van der Waals surface area contributed by atoms with Gasteiger partial charge >= 0.3 is 0 Å². The van der Waals surface area contributed by atoms with Crippen molar-refractivity contribution in [2.24, 2.45) is 10.2 Å². The molecule has 5 heteroatoms. The summed E-state index contributed by atoms with van der Waals surface area (Å²) in [5.41, 5.74) is 4.10. The van der Waals surface area contributed by atoms with E-state index in [1.807, 2.05) is 18.2 Å². The van der Waals surface area contributed by atoms with Gasteiger partial charge in [0.05, 0.1) is 11.4 Å². The first-order chi connectivity index (χ1) is 12.4. The van der Waals surface area contributed by atoms with Crippen molar-refractivity contribution in [3.63, 3.8) is 0 Å². The van der Waals surface area contributed by atoms with E-state index in [-0.39, 0.29) is 17.0 Å². The van der Waals surface area contributed by atoms with Crippen LogP contribution in [0.2, 0.25) is 0 Å². The maximum absolute atomic E-state index is 11.7. The van der Waals surface area contributed by atoms with Gasteiger partial charge in [-0.1, -0.05) is 24.3 Å². The van der Waals surface area contributed by atoms with Crippen LogP contribution in [0.25, 0.3) is 5.70 Å². The highest BCUT2D eigenvalue weighted by Gasteiger charge is 2.29. The van der Waals surface area contributed by atoms with Crippen LogP contribution in [0.4, 0.5) is 5.69 Å². The average molecular weight is 347 g/mol. The number of azo groups is 1. The molecule has 0 radical (unpaired) electrons. The zero-order chi connectivity index (χ0) is 18.7. The van der Waals surface area contributed by atoms with Crippen LogP contribution < -0.4 is 5.32 Å². The van der Waals surface area contributed by atoms with Crippen molar-refractivity contribution in [3.05, 3.63) is 70.9 Å². The van der Waals surface area contributed by atoms with Crippen LogP contribution in [0.15, 0.2) is 64.5 Å². The summed E-state index contributed by atoms with van der Waals surface area (Å²) < 4.78 is 0. The van der Waals surface area contributed by atoms with Crippen molar-refractivity contribution < 1.29 is 9.59 Å². The number of hydrogen-bond acceptors (Lipinski definition) is 5. The molecule has 3 rings (SSSR count). The van der Waals surface area contributed by atoms with Gasteiger partial charge in [0.1, 0.15) is 5.70 Å². The van der Waals surface area contributed by atoms with Gasteiger partial charge < -0.3 is 5.32 Å². The van der Waals surface area contributed by atoms with Gasteiger partial charge in [0, 0.05) is 16.7 Å².